The minimum Gasteiger partial charge on any atom is -0.490 e. The van der Waals surface area contributed by atoms with E-state index in [0.717, 1.165) is 6.42 Å². The van der Waals surface area contributed by atoms with Gasteiger partial charge in [0.15, 0.2) is 11.5 Å². The topological polar surface area (TPSA) is 84.9 Å². The van der Waals surface area contributed by atoms with Gasteiger partial charge in [-0.25, -0.2) is 0 Å². The Balaban J connectivity index is 2.03. The first kappa shape index (κ1) is 14.2. The molecule has 1 aromatic rings. The van der Waals surface area contributed by atoms with Crippen LogP contribution in [0.5, 0.6) is 11.5 Å². The molecule has 1 aromatic carbocycles. The third-order valence-electron chi connectivity index (χ3n) is 3.00. The molecule has 20 heavy (non-hydrogen) atoms. The van der Waals surface area contributed by atoms with Gasteiger partial charge in [0.25, 0.3) is 5.91 Å². The summed E-state index contributed by atoms with van der Waals surface area (Å²) < 4.78 is 11.0. The highest BCUT2D eigenvalue weighted by atomic mass is 16.5. The molecule has 0 radical (unpaired) electrons. The van der Waals surface area contributed by atoms with E-state index < -0.39 is 11.9 Å². The molecule has 0 saturated carbocycles. The number of hydrogen-bond donors (Lipinski definition) is 2. The van der Waals surface area contributed by atoms with E-state index >= 15 is 0 Å². The molecule has 1 aliphatic rings. The summed E-state index contributed by atoms with van der Waals surface area (Å²) in [6.45, 7) is 2.77. The first-order valence-electron chi connectivity index (χ1n) is 6.48. The second-order valence-electron chi connectivity index (χ2n) is 4.66. The molecule has 0 fully saturated rings. The van der Waals surface area contributed by atoms with Gasteiger partial charge in [0.05, 0.1) is 19.1 Å². The molecular weight excluding hydrogens is 262 g/mol. The van der Waals surface area contributed by atoms with Gasteiger partial charge in [-0.05, 0) is 18.2 Å². The van der Waals surface area contributed by atoms with E-state index in [0.29, 0.717) is 30.3 Å². The Labute approximate surface area is 116 Å². The van der Waals surface area contributed by atoms with Crippen LogP contribution in [0.15, 0.2) is 18.2 Å². The van der Waals surface area contributed by atoms with Crippen LogP contribution in [0.2, 0.25) is 0 Å². The van der Waals surface area contributed by atoms with Gasteiger partial charge in [-0.15, -0.1) is 0 Å². The Morgan fingerprint density at radius 3 is 2.70 bits per heavy atom. The zero-order valence-corrected chi connectivity index (χ0v) is 11.2. The Kier molecular flexibility index (Phi) is 4.45. The predicted molar refractivity (Wildman–Crippen MR) is 71.2 cm³/mol. The fourth-order valence-electron chi connectivity index (χ4n) is 1.74. The predicted octanol–water partition coefficient (Wildman–Crippen LogP) is 1.30. The van der Waals surface area contributed by atoms with Crippen molar-refractivity contribution in [2.24, 2.45) is 5.92 Å². The lowest BCUT2D eigenvalue weighted by Crippen LogP contribution is -2.31. The lowest BCUT2D eigenvalue weighted by molar-refractivity contribution is -0.140. The molecule has 2 rings (SSSR count). The first-order valence-corrected chi connectivity index (χ1v) is 6.48. The van der Waals surface area contributed by atoms with E-state index in [9.17, 15) is 9.59 Å². The van der Waals surface area contributed by atoms with Crippen molar-refractivity contribution in [3.63, 3.8) is 0 Å². The van der Waals surface area contributed by atoms with Crippen LogP contribution in [0.3, 0.4) is 0 Å². The molecule has 6 nitrogen and oxygen atoms in total. The van der Waals surface area contributed by atoms with Crippen molar-refractivity contribution in [3.05, 3.63) is 23.8 Å². The first-order chi connectivity index (χ1) is 9.58. The van der Waals surface area contributed by atoms with Crippen molar-refractivity contribution < 1.29 is 24.2 Å². The molecule has 6 heteroatoms. The molecule has 0 saturated heterocycles. The number of rotatable bonds is 4. The normalized spacial score (nSPS) is 15.1. The maximum Gasteiger partial charge on any atom is 0.308 e. The second kappa shape index (κ2) is 6.27. The number of carbonyl (C=O) groups is 2. The third kappa shape index (κ3) is 3.40. The molecule has 0 aliphatic carbocycles. The number of benzene rings is 1. The van der Waals surface area contributed by atoms with Gasteiger partial charge in [-0.2, -0.15) is 0 Å². The number of hydrogen-bond acceptors (Lipinski definition) is 4. The number of carboxylic acids is 1. The molecular formula is C14H17NO5. The number of nitrogens with one attached hydrogen (secondary N) is 1. The summed E-state index contributed by atoms with van der Waals surface area (Å²) >= 11 is 0. The van der Waals surface area contributed by atoms with Crippen LogP contribution in [0.25, 0.3) is 0 Å². The van der Waals surface area contributed by atoms with E-state index in [1.807, 2.05) is 0 Å². The third-order valence-corrected chi connectivity index (χ3v) is 3.00. The molecule has 1 amide bonds. The minimum atomic E-state index is -0.941. The fraction of sp³-hybridized carbons (Fsp3) is 0.429. The summed E-state index contributed by atoms with van der Waals surface area (Å²) in [7, 11) is 0. The largest absolute Gasteiger partial charge is 0.490 e. The van der Waals surface area contributed by atoms with Gasteiger partial charge < -0.3 is 19.9 Å². The van der Waals surface area contributed by atoms with E-state index in [4.69, 9.17) is 14.6 Å². The highest BCUT2D eigenvalue weighted by Crippen LogP contribution is 2.30. The number of aliphatic carboxylic acids is 1. The quantitative estimate of drug-likeness (QED) is 0.867. The molecule has 1 atom stereocenters. The molecule has 0 bridgehead atoms. The Morgan fingerprint density at radius 2 is 2.00 bits per heavy atom. The molecule has 2 N–H and O–H groups in total. The van der Waals surface area contributed by atoms with Crippen molar-refractivity contribution in [3.8, 4) is 11.5 Å². The van der Waals surface area contributed by atoms with Crippen LogP contribution in [-0.4, -0.2) is 36.7 Å². The van der Waals surface area contributed by atoms with Gasteiger partial charge >= 0.3 is 5.97 Å². The SMILES string of the molecule is CC(CNC(=O)c1ccc2c(c1)OCCCO2)C(=O)O. The van der Waals surface area contributed by atoms with Crippen molar-refractivity contribution in [1.29, 1.82) is 0 Å². The maximum absolute atomic E-state index is 11.9. The van der Waals surface area contributed by atoms with Crippen LogP contribution in [0, 0.1) is 5.92 Å². The molecule has 1 unspecified atom stereocenters. The highest BCUT2D eigenvalue weighted by molar-refractivity contribution is 5.95. The van der Waals surface area contributed by atoms with Crippen molar-refractivity contribution >= 4 is 11.9 Å². The number of ether oxygens (including phenoxy) is 2. The zero-order chi connectivity index (χ0) is 14.5. The number of carboxylic acid groups (broad SMARTS) is 1. The van der Waals surface area contributed by atoms with Crippen molar-refractivity contribution in [2.45, 2.75) is 13.3 Å². The van der Waals surface area contributed by atoms with Gasteiger partial charge in [0.2, 0.25) is 0 Å². The van der Waals surface area contributed by atoms with Crippen LogP contribution in [0.1, 0.15) is 23.7 Å². The second-order valence-corrected chi connectivity index (χ2v) is 4.66. The molecule has 1 heterocycles. The van der Waals surface area contributed by atoms with Gasteiger partial charge in [-0.1, -0.05) is 6.92 Å². The zero-order valence-electron chi connectivity index (χ0n) is 11.2. The van der Waals surface area contributed by atoms with Gasteiger partial charge in [0.1, 0.15) is 0 Å². The summed E-state index contributed by atoms with van der Waals surface area (Å²) in [4.78, 5) is 22.6. The molecule has 1 aliphatic heterocycles. The van der Waals surface area contributed by atoms with Crippen LogP contribution in [-0.2, 0) is 4.79 Å². The number of amides is 1. The standard InChI is InChI=1S/C14H17NO5/c1-9(14(17)18)8-15-13(16)10-3-4-11-12(7-10)20-6-2-5-19-11/h3-4,7,9H,2,5-6,8H2,1H3,(H,15,16)(H,17,18). The van der Waals surface area contributed by atoms with E-state index in [2.05, 4.69) is 5.32 Å². The highest BCUT2D eigenvalue weighted by Gasteiger charge is 2.16. The summed E-state index contributed by atoms with van der Waals surface area (Å²) in [5, 5.41) is 11.4. The van der Waals surface area contributed by atoms with E-state index in [1.54, 1.807) is 18.2 Å². The van der Waals surface area contributed by atoms with Gasteiger partial charge in [0, 0.05) is 18.5 Å². The summed E-state index contributed by atoms with van der Waals surface area (Å²) in [6, 6.07) is 4.94. The average molecular weight is 279 g/mol. The Bertz CT molecular complexity index is 514. The lowest BCUT2D eigenvalue weighted by atomic mass is 10.1. The summed E-state index contributed by atoms with van der Waals surface area (Å²) in [5.41, 5.74) is 0.423. The van der Waals surface area contributed by atoms with Gasteiger partial charge in [-0.3, -0.25) is 9.59 Å². The average Bonchev–Trinajstić information content (AvgIpc) is 2.68. The molecule has 0 spiro atoms. The van der Waals surface area contributed by atoms with Crippen molar-refractivity contribution in [1.82, 2.24) is 5.32 Å². The molecule has 0 aromatic heterocycles. The maximum atomic E-state index is 11.9. The lowest BCUT2D eigenvalue weighted by Gasteiger charge is -2.11. The van der Waals surface area contributed by atoms with Crippen LogP contribution < -0.4 is 14.8 Å². The molecule has 108 valence electrons. The monoisotopic (exact) mass is 279 g/mol. The van der Waals surface area contributed by atoms with Crippen molar-refractivity contribution in [2.75, 3.05) is 19.8 Å². The summed E-state index contributed by atoms with van der Waals surface area (Å²) in [5.74, 6) is -0.726. The number of carbonyl (C=O) groups excluding carboxylic acids is 1. The Hall–Kier alpha value is -2.24. The Morgan fingerprint density at radius 1 is 1.30 bits per heavy atom. The summed E-state index contributed by atoms with van der Waals surface area (Å²) in [6.07, 6.45) is 0.798. The van der Waals surface area contributed by atoms with E-state index in [-0.39, 0.29) is 12.5 Å². The van der Waals surface area contributed by atoms with Crippen LogP contribution >= 0.6 is 0 Å². The minimum absolute atomic E-state index is 0.0859. The smallest absolute Gasteiger partial charge is 0.308 e. The fourth-order valence-corrected chi connectivity index (χ4v) is 1.74. The van der Waals surface area contributed by atoms with E-state index in [1.165, 1.54) is 6.92 Å². The van der Waals surface area contributed by atoms with Crippen LogP contribution in [0.4, 0.5) is 0 Å². The number of fused-ring (bicyclic) bond motifs is 1.